The first-order valence-electron chi connectivity index (χ1n) is 6.12. The molecule has 96 valence electrons. The lowest BCUT2D eigenvalue weighted by atomic mass is 10.1. The number of halogens is 1. The number of nitrogens with one attached hydrogen (secondary N) is 1. The molecule has 0 aliphatic heterocycles. The summed E-state index contributed by atoms with van der Waals surface area (Å²) in [5.74, 6) is 0.892. The van der Waals surface area contributed by atoms with Crippen molar-refractivity contribution in [3.63, 3.8) is 0 Å². The van der Waals surface area contributed by atoms with E-state index in [4.69, 9.17) is 5.73 Å². The van der Waals surface area contributed by atoms with E-state index in [0.29, 0.717) is 6.54 Å². The number of imidazole rings is 1. The van der Waals surface area contributed by atoms with E-state index in [1.54, 1.807) is 0 Å². The summed E-state index contributed by atoms with van der Waals surface area (Å²) in [5.41, 5.74) is 11.1. The number of nitrogens with two attached hydrogens (primary N) is 1. The summed E-state index contributed by atoms with van der Waals surface area (Å²) in [7, 11) is 0. The third-order valence-corrected chi connectivity index (χ3v) is 3.73. The molecule has 1 aromatic heterocycles. The second-order valence-corrected chi connectivity index (χ2v) is 5.52. The highest BCUT2D eigenvalue weighted by Crippen LogP contribution is 2.26. The van der Waals surface area contributed by atoms with E-state index < -0.39 is 0 Å². The Kier molecular flexibility index (Phi) is 3.12. The van der Waals surface area contributed by atoms with Crippen LogP contribution in [0.4, 0.5) is 0 Å². The Labute approximate surface area is 120 Å². The van der Waals surface area contributed by atoms with Gasteiger partial charge in [-0.05, 0) is 42.3 Å². The zero-order valence-electron chi connectivity index (χ0n) is 10.6. The third-order valence-electron chi connectivity index (χ3n) is 3.24. The number of fused-ring (bicyclic) bond motifs is 1. The van der Waals surface area contributed by atoms with Gasteiger partial charge in [-0.15, -0.1) is 0 Å². The summed E-state index contributed by atoms with van der Waals surface area (Å²) in [6.07, 6.45) is 0. The number of aromatic amines is 1. The molecular weight excluding hydrogens is 302 g/mol. The average Bonchev–Trinajstić information content (AvgIpc) is 2.83. The van der Waals surface area contributed by atoms with Gasteiger partial charge in [-0.2, -0.15) is 0 Å². The van der Waals surface area contributed by atoms with Crippen LogP contribution in [0.15, 0.2) is 40.9 Å². The van der Waals surface area contributed by atoms with Crippen molar-refractivity contribution in [3.8, 4) is 11.4 Å². The molecular formula is C15H14BrN3. The summed E-state index contributed by atoms with van der Waals surface area (Å²) in [5, 5.41) is 0. The summed E-state index contributed by atoms with van der Waals surface area (Å²) in [6.45, 7) is 2.63. The van der Waals surface area contributed by atoms with Gasteiger partial charge in [-0.25, -0.2) is 4.98 Å². The molecule has 0 spiro atoms. The molecule has 0 bridgehead atoms. The SMILES string of the molecule is Cc1ccc(Br)cc1-c1nc2ccc(CN)cc2[nH]1. The second kappa shape index (κ2) is 4.79. The zero-order valence-corrected chi connectivity index (χ0v) is 12.2. The smallest absolute Gasteiger partial charge is 0.138 e. The van der Waals surface area contributed by atoms with E-state index in [0.717, 1.165) is 32.5 Å². The monoisotopic (exact) mass is 315 g/mol. The van der Waals surface area contributed by atoms with Gasteiger partial charge < -0.3 is 10.7 Å². The first-order chi connectivity index (χ1) is 9.17. The van der Waals surface area contributed by atoms with Gasteiger partial charge in [0.15, 0.2) is 0 Å². The van der Waals surface area contributed by atoms with Crippen LogP contribution in [0.3, 0.4) is 0 Å². The lowest BCUT2D eigenvalue weighted by molar-refractivity contribution is 1.07. The van der Waals surface area contributed by atoms with Gasteiger partial charge in [0.25, 0.3) is 0 Å². The molecule has 0 fully saturated rings. The van der Waals surface area contributed by atoms with Gasteiger partial charge in [-0.1, -0.05) is 28.1 Å². The first kappa shape index (κ1) is 12.4. The lowest BCUT2D eigenvalue weighted by Crippen LogP contribution is -1.95. The number of hydrogen-bond donors (Lipinski definition) is 2. The molecule has 3 nitrogen and oxygen atoms in total. The highest BCUT2D eigenvalue weighted by Gasteiger charge is 2.08. The standard InChI is InChI=1S/C15H14BrN3/c1-9-2-4-11(16)7-12(9)15-18-13-5-3-10(8-17)6-14(13)19-15/h2-7H,8,17H2,1H3,(H,18,19). The minimum Gasteiger partial charge on any atom is -0.338 e. The number of benzene rings is 2. The predicted octanol–water partition coefficient (Wildman–Crippen LogP) is 3.76. The molecule has 2 aromatic carbocycles. The van der Waals surface area contributed by atoms with Crippen LogP contribution >= 0.6 is 15.9 Å². The Morgan fingerprint density at radius 2 is 2.05 bits per heavy atom. The van der Waals surface area contributed by atoms with Crippen molar-refractivity contribution in [2.75, 3.05) is 0 Å². The van der Waals surface area contributed by atoms with Crippen molar-refractivity contribution in [3.05, 3.63) is 52.0 Å². The number of nitrogens with zero attached hydrogens (tertiary/aromatic N) is 1. The van der Waals surface area contributed by atoms with Gasteiger partial charge >= 0.3 is 0 Å². The molecule has 3 rings (SSSR count). The van der Waals surface area contributed by atoms with Crippen LogP contribution in [0.2, 0.25) is 0 Å². The van der Waals surface area contributed by atoms with Crippen molar-refractivity contribution in [2.24, 2.45) is 5.73 Å². The second-order valence-electron chi connectivity index (χ2n) is 4.60. The lowest BCUT2D eigenvalue weighted by Gasteiger charge is -2.02. The van der Waals surface area contributed by atoms with Crippen LogP contribution in [-0.4, -0.2) is 9.97 Å². The summed E-state index contributed by atoms with van der Waals surface area (Å²) < 4.78 is 1.05. The fraction of sp³-hybridized carbons (Fsp3) is 0.133. The van der Waals surface area contributed by atoms with Gasteiger partial charge in [0.05, 0.1) is 11.0 Å². The van der Waals surface area contributed by atoms with Crippen LogP contribution in [0.1, 0.15) is 11.1 Å². The summed E-state index contributed by atoms with van der Waals surface area (Å²) >= 11 is 3.50. The molecule has 0 unspecified atom stereocenters. The normalized spacial score (nSPS) is 11.1. The van der Waals surface area contributed by atoms with E-state index >= 15 is 0 Å². The van der Waals surface area contributed by atoms with Crippen LogP contribution in [0.25, 0.3) is 22.4 Å². The van der Waals surface area contributed by atoms with Gasteiger partial charge in [-0.3, -0.25) is 0 Å². The largest absolute Gasteiger partial charge is 0.338 e. The van der Waals surface area contributed by atoms with Crippen molar-refractivity contribution >= 4 is 27.0 Å². The minimum atomic E-state index is 0.542. The summed E-state index contributed by atoms with van der Waals surface area (Å²) in [6, 6.07) is 12.3. The molecule has 0 saturated heterocycles. The highest BCUT2D eigenvalue weighted by molar-refractivity contribution is 9.10. The van der Waals surface area contributed by atoms with Crippen LogP contribution < -0.4 is 5.73 Å². The van der Waals surface area contributed by atoms with Gasteiger partial charge in [0.1, 0.15) is 5.82 Å². The highest BCUT2D eigenvalue weighted by atomic mass is 79.9. The molecule has 1 heterocycles. The molecule has 0 aliphatic carbocycles. The molecule has 4 heteroatoms. The maximum Gasteiger partial charge on any atom is 0.138 e. The van der Waals surface area contributed by atoms with E-state index in [9.17, 15) is 0 Å². The van der Waals surface area contributed by atoms with E-state index in [-0.39, 0.29) is 0 Å². The molecule has 0 amide bonds. The Hall–Kier alpha value is -1.65. The number of H-pyrrole nitrogens is 1. The Balaban J connectivity index is 2.17. The topological polar surface area (TPSA) is 54.7 Å². The summed E-state index contributed by atoms with van der Waals surface area (Å²) in [4.78, 5) is 8.01. The quantitative estimate of drug-likeness (QED) is 0.756. The molecule has 0 aliphatic rings. The maximum atomic E-state index is 5.66. The van der Waals surface area contributed by atoms with Crippen LogP contribution in [0.5, 0.6) is 0 Å². The van der Waals surface area contributed by atoms with Gasteiger partial charge in [0.2, 0.25) is 0 Å². The predicted molar refractivity (Wildman–Crippen MR) is 81.9 cm³/mol. The van der Waals surface area contributed by atoms with E-state index in [1.165, 1.54) is 5.56 Å². The number of aromatic nitrogens is 2. The molecule has 0 saturated carbocycles. The Bertz CT molecular complexity index is 746. The Morgan fingerprint density at radius 3 is 2.84 bits per heavy atom. The van der Waals surface area contributed by atoms with Gasteiger partial charge in [0, 0.05) is 16.6 Å². The number of hydrogen-bond acceptors (Lipinski definition) is 2. The molecule has 3 N–H and O–H groups in total. The molecule has 0 radical (unpaired) electrons. The number of rotatable bonds is 2. The molecule has 3 aromatic rings. The van der Waals surface area contributed by atoms with Crippen molar-refractivity contribution < 1.29 is 0 Å². The van der Waals surface area contributed by atoms with E-state index in [1.807, 2.05) is 18.2 Å². The minimum absolute atomic E-state index is 0.542. The first-order valence-corrected chi connectivity index (χ1v) is 6.92. The average molecular weight is 316 g/mol. The zero-order chi connectivity index (χ0) is 13.4. The van der Waals surface area contributed by atoms with E-state index in [2.05, 4.69) is 51.0 Å². The fourth-order valence-electron chi connectivity index (χ4n) is 2.16. The number of aryl methyl sites for hydroxylation is 1. The van der Waals surface area contributed by atoms with Crippen molar-refractivity contribution in [2.45, 2.75) is 13.5 Å². The van der Waals surface area contributed by atoms with Crippen LogP contribution in [-0.2, 0) is 6.54 Å². The molecule has 19 heavy (non-hydrogen) atoms. The fourth-order valence-corrected chi connectivity index (χ4v) is 2.52. The van der Waals surface area contributed by atoms with Crippen molar-refractivity contribution in [1.29, 1.82) is 0 Å². The Morgan fingerprint density at radius 1 is 1.21 bits per heavy atom. The third kappa shape index (κ3) is 2.29. The van der Waals surface area contributed by atoms with Crippen LogP contribution in [0, 0.1) is 6.92 Å². The maximum absolute atomic E-state index is 5.66. The van der Waals surface area contributed by atoms with Crippen molar-refractivity contribution in [1.82, 2.24) is 9.97 Å². The molecule has 0 atom stereocenters.